The molecule has 1 heterocycles. The van der Waals surface area contributed by atoms with Crippen LogP contribution < -0.4 is 5.73 Å². The molecule has 0 radical (unpaired) electrons. The molecule has 0 saturated carbocycles. The Kier molecular flexibility index (Phi) is 3.43. The van der Waals surface area contributed by atoms with E-state index in [0.29, 0.717) is 17.1 Å². The number of carbonyl (C=O) groups excluding carboxylic acids is 1. The Bertz CT molecular complexity index is 594. The maximum Gasteiger partial charge on any atom is 0.328 e. The Morgan fingerprint density at radius 1 is 1.61 bits per heavy atom. The van der Waals surface area contributed by atoms with Gasteiger partial charge in [0, 0.05) is 0 Å². The van der Waals surface area contributed by atoms with Crippen LogP contribution in [0.3, 0.4) is 0 Å². The second-order valence-electron chi connectivity index (χ2n) is 3.88. The normalized spacial score (nSPS) is 12.6. The third-order valence-electron chi connectivity index (χ3n) is 2.71. The van der Waals surface area contributed by atoms with Gasteiger partial charge in [-0.3, -0.25) is 4.57 Å². The van der Waals surface area contributed by atoms with Gasteiger partial charge in [0.15, 0.2) is 0 Å². The summed E-state index contributed by atoms with van der Waals surface area (Å²) in [7, 11) is 0. The molecule has 1 unspecified atom stereocenters. The fourth-order valence-corrected chi connectivity index (χ4v) is 2.09. The number of fused-ring (bicyclic) bond motifs is 1. The predicted octanol–water partition coefficient (Wildman–Crippen LogP) is 2.40. The zero-order valence-corrected chi connectivity index (χ0v) is 10.9. The van der Waals surface area contributed by atoms with E-state index in [1.54, 1.807) is 30.5 Å². The molecule has 2 aromatic rings. The maximum absolute atomic E-state index is 11.8. The highest BCUT2D eigenvalue weighted by molar-refractivity contribution is 6.35. The number of hydrogen-bond acceptors (Lipinski definition) is 4. The highest BCUT2D eigenvalue weighted by atomic mass is 35.5. The van der Waals surface area contributed by atoms with Gasteiger partial charge in [0.05, 0.1) is 17.1 Å². The number of nitrogens with zero attached hydrogens (tertiary/aromatic N) is 2. The molecule has 0 aliphatic carbocycles. The smallest absolute Gasteiger partial charge is 0.328 e. The van der Waals surface area contributed by atoms with Crippen molar-refractivity contribution in [2.24, 2.45) is 0 Å². The lowest BCUT2D eigenvalue weighted by Crippen LogP contribution is -2.20. The molecule has 18 heavy (non-hydrogen) atoms. The fraction of sp³-hybridized carbons (Fsp3) is 0.333. The number of halogens is 1. The van der Waals surface area contributed by atoms with Crippen LogP contribution in [0.4, 0.5) is 5.95 Å². The molecule has 96 valence electrons. The number of aromatic nitrogens is 2. The summed E-state index contributed by atoms with van der Waals surface area (Å²) < 4.78 is 6.61. The highest BCUT2D eigenvalue weighted by Crippen LogP contribution is 2.28. The van der Waals surface area contributed by atoms with Gasteiger partial charge in [-0.05, 0) is 26.0 Å². The minimum absolute atomic E-state index is 0.249. The largest absolute Gasteiger partial charge is 0.464 e. The van der Waals surface area contributed by atoms with E-state index in [1.807, 2.05) is 6.07 Å². The number of benzene rings is 1. The number of para-hydroxylation sites is 1. The average Bonchev–Trinajstić information content (AvgIpc) is 2.66. The van der Waals surface area contributed by atoms with E-state index in [-0.39, 0.29) is 11.9 Å². The van der Waals surface area contributed by atoms with Gasteiger partial charge in [0.25, 0.3) is 0 Å². The van der Waals surface area contributed by atoms with Crippen molar-refractivity contribution in [2.75, 3.05) is 12.3 Å². The van der Waals surface area contributed by atoms with Gasteiger partial charge in [-0.25, -0.2) is 9.78 Å². The zero-order valence-electron chi connectivity index (χ0n) is 10.2. The number of imidazole rings is 1. The molecule has 1 aromatic carbocycles. The first kappa shape index (κ1) is 12.7. The van der Waals surface area contributed by atoms with Crippen LogP contribution in [-0.4, -0.2) is 22.1 Å². The zero-order chi connectivity index (χ0) is 13.3. The van der Waals surface area contributed by atoms with Gasteiger partial charge < -0.3 is 10.5 Å². The summed E-state index contributed by atoms with van der Waals surface area (Å²) in [5, 5.41) is 0.508. The van der Waals surface area contributed by atoms with E-state index in [0.717, 1.165) is 5.52 Å². The van der Waals surface area contributed by atoms with E-state index in [9.17, 15) is 4.79 Å². The van der Waals surface area contributed by atoms with Crippen molar-refractivity contribution >= 4 is 34.6 Å². The van der Waals surface area contributed by atoms with Crippen LogP contribution >= 0.6 is 11.6 Å². The van der Waals surface area contributed by atoms with Crippen molar-refractivity contribution in [3.05, 3.63) is 23.2 Å². The van der Waals surface area contributed by atoms with Crippen molar-refractivity contribution < 1.29 is 9.53 Å². The van der Waals surface area contributed by atoms with Gasteiger partial charge in [-0.2, -0.15) is 0 Å². The van der Waals surface area contributed by atoms with Crippen molar-refractivity contribution in [1.82, 2.24) is 9.55 Å². The van der Waals surface area contributed by atoms with Gasteiger partial charge in [0.1, 0.15) is 11.6 Å². The summed E-state index contributed by atoms with van der Waals surface area (Å²) in [6.45, 7) is 3.81. The van der Waals surface area contributed by atoms with Gasteiger partial charge in [-0.15, -0.1) is 0 Å². The number of nitrogen functional groups attached to an aromatic ring is 1. The quantitative estimate of drug-likeness (QED) is 0.867. The van der Waals surface area contributed by atoms with E-state index in [4.69, 9.17) is 22.1 Å². The van der Waals surface area contributed by atoms with E-state index in [2.05, 4.69) is 4.98 Å². The Morgan fingerprint density at radius 3 is 3.00 bits per heavy atom. The van der Waals surface area contributed by atoms with Gasteiger partial charge in [-0.1, -0.05) is 17.7 Å². The molecular weight excluding hydrogens is 254 g/mol. The van der Waals surface area contributed by atoms with E-state index in [1.165, 1.54) is 0 Å². The first-order valence-corrected chi connectivity index (χ1v) is 6.02. The van der Waals surface area contributed by atoms with Crippen LogP contribution in [0.1, 0.15) is 19.9 Å². The molecule has 0 fully saturated rings. The average molecular weight is 268 g/mol. The van der Waals surface area contributed by atoms with Crippen molar-refractivity contribution in [2.45, 2.75) is 19.9 Å². The predicted molar refractivity (Wildman–Crippen MR) is 70.5 cm³/mol. The molecule has 0 aliphatic rings. The van der Waals surface area contributed by atoms with E-state index < -0.39 is 6.04 Å². The van der Waals surface area contributed by atoms with Crippen molar-refractivity contribution in [3.8, 4) is 0 Å². The van der Waals surface area contributed by atoms with Crippen LogP contribution in [0.2, 0.25) is 5.02 Å². The van der Waals surface area contributed by atoms with Crippen molar-refractivity contribution in [1.29, 1.82) is 0 Å². The van der Waals surface area contributed by atoms with Crippen LogP contribution in [0.15, 0.2) is 18.2 Å². The summed E-state index contributed by atoms with van der Waals surface area (Å²) in [6, 6.07) is 4.81. The Balaban J connectivity index is 2.54. The minimum Gasteiger partial charge on any atom is -0.464 e. The molecule has 1 aromatic heterocycles. The van der Waals surface area contributed by atoms with Crippen molar-refractivity contribution in [3.63, 3.8) is 0 Å². The maximum atomic E-state index is 11.8. The molecule has 0 spiro atoms. The molecule has 6 heteroatoms. The number of esters is 1. The van der Waals surface area contributed by atoms with Gasteiger partial charge >= 0.3 is 5.97 Å². The SMILES string of the molecule is CCOC(=O)C(C)n1c(N)nc2c(Cl)cccc21. The Morgan fingerprint density at radius 2 is 2.33 bits per heavy atom. The summed E-state index contributed by atoms with van der Waals surface area (Å²) in [6.07, 6.45) is 0. The molecule has 0 amide bonds. The second-order valence-corrected chi connectivity index (χ2v) is 4.28. The molecule has 5 nitrogen and oxygen atoms in total. The summed E-state index contributed by atoms with van der Waals surface area (Å²) >= 11 is 6.04. The Hall–Kier alpha value is -1.75. The molecule has 0 saturated heterocycles. The lowest BCUT2D eigenvalue weighted by Gasteiger charge is -2.14. The number of carbonyl (C=O) groups is 1. The monoisotopic (exact) mass is 267 g/mol. The third-order valence-corrected chi connectivity index (χ3v) is 3.02. The topological polar surface area (TPSA) is 70.1 Å². The first-order valence-electron chi connectivity index (χ1n) is 5.64. The molecule has 0 bridgehead atoms. The number of anilines is 1. The van der Waals surface area contributed by atoms with Gasteiger partial charge in [0.2, 0.25) is 5.95 Å². The third kappa shape index (κ3) is 2.01. The summed E-state index contributed by atoms with van der Waals surface area (Å²) in [4.78, 5) is 15.9. The number of rotatable bonds is 3. The Labute approximate surface area is 109 Å². The molecule has 1 atom stereocenters. The van der Waals surface area contributed by atoms with E-state index >= 15 is 0 Å². The van der Waals surface area contributed by atoms with Crippen LogP contribution in [0, 0.1) is 0 Å². The summed E-state index contributed by atoms with van der Waals surface area (Å²) in [5.74, 6) is -0.0953. The highest BCUT2D eigenvalue weighted by Gasteiger charge is 2.22. The molecule has 2 N–H and O–H groups in total. The molecule has 0 aliphatic heterocycles. The number of nitrogens with two attached hydrogens (primary N) is 1. The lowest BCUT2D eigenvalue weighted by atomic mass is 10.3. The molecular formula is C12H14ClN3O2. The lowest BCUT2D eigenvalue weighted by molar-refractivity contribution is -0.146. The van der Waals surface area contributed by atoms with Crippen LogP contribution in [0.5, 0.6) is 0 Å². The second kappa shape index (κ2) is 4.86. The van der Waals surface area contributed by atoms with Crippen LogP contribution in [0.25, 0.3) is 11.0 Å². The standard InChI is InChI=1S/C12H14ClN3O2/c1-3-18-11(17)7(2)16-9-6-4-5-8(13)10(9)15-12(16)14/h4-7H,3H2,1-2H3,(H2,14,15). The summed E-state index contributed by atoms with van der Waals surface area (Å²) in [5.41, 5.74) is 7.16. The van der Waals surface area contributed by atoms with Crippen LogP contribution in [-0.2, 0) is 9.53 Å². The number of ether oxygens (including phenoxy) is 1. The molecule has 2 rings (SSSR count). The fourth-order valence-electron chi connectivity index (χ4n) is 1.88. The minimum atomic E-state index is -0.534. The first-order chi connectivity index (χ1) is 8.56. The number of hydrogen-bond donors (Lipinski definition) is 1.